The van der Waals surface area contributed by atoms with Crippen LogP contribution in [0.1, 0.15) is 0 Å². The van der Waals surface area contributed by atoms with Crippen LogP contribution in [0.2, 0.25) is 5.15 Å². The Balaban J connectivity index is 2.07. The molecule has 2 heterocycles. The average molecular weight is 261 g/mol. The van der Waals surface area contributed by atoms with Gasteiger partial charge in [0.2, 0.25) is 0 Å². The Morgan fingerprint density at radius 3 is 2.72 bits per heavy atom. The molecule has 2 aromatic heterocycles. The van der Waals surface area contributed by atoms with Crippen molar-refractivity contribution in [3.8, 4) is 17.1 Å². The highest BCUT2D eigenvalue weighted by atomic mass is 35.5. The second-order valence-corrected chi connectivity index (χ2v) is 4.07. The highest BCUT2D eigenvalue weighted by Gasteiger charge is 2.07. The molecule has 6 heteroatoms. The van der Waals surface area contributed by atoms with E-state index in [1.807, 2.05) is 24.3 Å². The molecular weight excluding hydrogens is 252 g/mol. The predicted octanol–water partition coefficient (Wildman–Crippen LogP) is 2.45. The molecule has 18 heavy (non-hydrogen) atoms. The van der Waals surface area contributed by atoms with Gasteiger partial charge in [0.25, 0.3) is 0 Å². The minimum atomic E-state index is 0.399. The molecular formula is C12H9ClN4O. The Morgan fingerprint density at radius 2 is 2.00 bits per heavy atom. The number of fused-ring (bicyclic) bond motifs is 1. The molecule has 3 rings (SSSR count). The van der Waals surface area contributed by atoms with Crippen LogP contribution in [-0.4, -0.2) is 26.7 Å². The van der Waals surface area contributed by atoms with Crippen LogP contribution in [0.5, 0.6) is 5.75 Å². The maximum Gasteiger partial charge on any atom is 0.182 e. The Kier molecular flexibility index (Phi) is 2.60. The van der Waals surface area contributed by atoms with Crippen molar-refractivity contribution >= 4 is 17.2 Å². The molecule has 5 nitrogen and oxygen atoms in total. The lowest BCUT2D eigenvalue weighted by Gasteiger charge is -1.99. The fraction of sp³-hybridized carbons (Fsp3) is 0.0833. The summed E-state index contributed by atoms with van der Waals surface area (Å²) in [5.41, 5.74) is 1.58. The number of methoxy groups -OCH3 is 1. The zero-order valence-corrected chi connectivity index (χ0v) is 10.3. The molecule has 0 aliphatic heterocycles. The van der Waals surface area contributed by atoms with Gasteiger partial charge in [-0.2, -0.15) is 0 Å². The molecule has 1 aromatic carbocycles. The summed E-state index contributed by atoms with van der Waals surface area (Å²) in [6.45, 7) is 0. The number of rotatable bonds is 2. The maximum atomic E-state index is 5.80. The van der Waals surface area contributed by atoms with Crippen LogP contribution >= 0.6 is 11.6 Å². The summed E-state index contributed by atoms with van der Waals surface area (Å²) in [7, 11) is 1.63. The lowest BCUT2D eigenvalue weighted by Crippen LogP contribution is -1.88. The van der Waals surface area contributed by atoms with Crippen LogP contribution in [0.4, 0.5) is 0 Å². The van der Waals surface area contributed by atoms with E-state index in [1.54, 1.807) is 17.7 Å². The fourth-order valence-corrected chi connectivity index (χ4v) is 1.78. The molecule has 0 amide bonds. The maximum absolute atomic E-state index is 5.80. The zero-order valence-electron chi connectivity index (χ0n) is 9.54. The van der Waals surface area contributed by atoms with Gasteiger partial charge in [-0.1, -0.05) is 11.6 Å². The number of benzene rings is 1. The van der Waals surface area contributed by atoms with E-state index in [-0.39, 0.29) is 0 Å². The second kappa shape index (κ2) is 4.27. The highest BCUT2D eigenvalue weighted by molar-refractivity contribution is 6.29. The summed E-state index contributed by atoms with van der Waals surface area (Å²) in [6.07, 6.45) is 1.54. The van der Waals surface area contributed by atoms with Crippen LogP contribution < -0.4 is 4.74 Å². The standard InChI is InChI=1S/C12H9ClN4O/c1-18-9-4-2-8(3-5-9)12-15-11-6-10(13)14-7-17(11)16-12/h2-7H,1H3. The van der Waals surface area contributed by atoms with Crippen LogP contribution in [0, 0.1) is 0 Å². The summed E-state index contributed by atoms with van der Waals surface area (Å²) in [5.74, 6) is 1.42. The zero-order chi connectivity index (χ0) is 12.5. The molecule has 0 atom stereocenters. The van der Waals surface area contributed by atoms with Crippen LogP contribution in [-0.2, 0) is 0 Å². The second-order valence-electron chi connectivity index (χ2n) is 3.68. The number of hydrogen-bond donors (Lipinski definition) is 0. The summed E-state index contributed by atoms with van der Waals surface area (Å²) in [4.78, 5) is 8.33. The van der Waals surface area contributed by atoms with Gasteiger partial charge in [0, 0.05) is 11.6 Å². The van der Waals surface area contributed by atoms with Crippen molar-refractivity contribution in [3.05, 3.63) is 41.8 Å². The first-order chi connectivity index (χ1) is 8.76. The van der Waals surface area contributed by atoms with E-state index in [0.717, 1.165) is 11.3 Å². The van der Waals surface area contributed by atoms with E-state index in [0.29, 0.717) is 16.6 Å². The highest BCUT2D eigenvalue weighted by Crippen LogP contribution is 2.20. The van der Waals surface area contributed by atoms with Gasteiger partial charge in [-0.05, 0) is 24.3 Å². The quantitative estimate of drug-likeness (QED) is 0.664. The molecule has 0 aliphatic rings. The first-order valence-corrected chi connectivity index (χ1v) is 5.66. The average Bonchev–Trinajstić information content (AvgIpc) is 2.81. The SMILES string of the molecule is COc1ccc(-c2nc3cc(Cl)ncn3n2)cc1. The molecule has 0 saturated heterocycles. The molecule has 0 fully saturated rings. The lowest BCUT2D eigenvalue weighted by molar-refractivity contribution is 0.415. The van der Waals surface area contributed by atoms with Gasteiger partial charge in [0.15, 0.2) is 11.5 Å². The number of nitrogens with zero attached hydrogens (tertiary/aromatic N) is 4. The van der Waals surface area contributed by atoms with Crippen molar-refractivity contribution in [3.63, 3.8) is 0 Å². The smallest absolute Gasteiger partial charge is 0.182 e. The van der Waals surface area contributed by atoms with Gasteiger partial charge >= 0.3 is 0 Å². The summed E-state index contributed by atoms with van der Waals surface area (Å²) < 4.78 is 6.69. The Bertz CT molecular complexity index is 693. The van der Waals surface area contributed by atoms with Crippen molar-refractivity contribution in [1.82, 2.24) is 19.6 Å². The van der Waals surface area contributed by atoms with Crippen LogP contribution in [0.25, 0.3) is 17.0 Å². The molecule has 0 spiro atoms. The molecule has 3 aromatic rings. The number of aromatic nitrogens is 4. The van der Waals surface area contributed by atoms with Crippen molar-refractivity contribution in [2.45, 2.75) is 0 Å². The Hall–Kier alpha value is -2.14. The van der Waals surface area contributed by atoms with Gasteiger partial charge in [-0.25, -0.2) is 14.5 Å². The van der Waals surface area contributed by atoms with Crippen molar-refractivity contribution in [2.24, 2.45) is 0 Å². The van der Waals surface area contributed by atoms with E-state index in [4.69, 9.17) is 16.3 Å². The topological polar surface area (TPSA) is 52.3 Å². The number of hydrogen-bond acceptors (Lipinski definition) is 4. The number of halogens is 1. The lowest BCUT2D eigenvalue weighted by atomic mass is 10.2. The van der Waals surface area contributed by atoms with Crippen LogP contribution in [0.3, 0.4) is 0 Å². The van der Waals surface area contributed by atoms with Crippen molar-refractivity contribution < 1.29 is 4.74 Å². The van der Waals surface area contributed by atoms with Gasteiger partial charge in [-0.3, -0.25) is 0 Å². The molecule has 0 N–H and O–H groups in total. The van der Waals surface area contributed by atoms with E-state index >= 15 is 0 Å². The molecule has 0 saturated carbocycles. The van der Waals surface area contributed by atoms with Crippen molar-refractivity contribution in [1.29, 1.82) is 0 Å². The Morgan fingerprint density at radius 1 is 1.22 bits per heavy atom. The minimum Gasteiger partial charge on any atom is -0.497 e. The van der Waals surface area contributed by atoms with Gasteiger partial charge < -0.3 is 4.74 Å². The van der Waals surface area contributed by atoms with Crippen LogP contribution in [0.15, 0.2) is 36.7 Å². The normalized spacial score (nSPS) is 10.8. The first-order valence-electron chi connectivity index (χ1n) is 5.28. The Labute approximate surface area is 108 Å². The summed E-state index contributed by atoms with van der Waals surface area (Å²) >= 11 is 5.80. The molecule has 0 radical (unpaired) electrons. The largest absolute Gasteiger partial charge is 0.497 e. The van der Waals surface area contributed by atoms with E-state index in [2.05, 4.69) is 15.1 Å². The first kappa shape index (κ1) is 11.0. The van der Waals surface area contributed by atoms with E-state index in [1.165, 1.54) is 6.33 Å². The molecule has 90 valence electrons. The molecule has 0 bridgehead atoms. The summed E-state index contributed by atoms with van der Waals surface area (Å²) in [5, 5.41) is 4.72. The van der Waals surface area contributed by atoms with Crippen molar-refractivity contribution in [2.75, 3.05) is 7.11 Å². The minimum absolute atomic E-state index is 0.399. The third kappa shape index (κ3) is 1.89. The van der Waals surface area contributed by atoms with Gasteiger partial charge in [0.1, 0.15) is 17.2 Å². The number of ether oxygens (including phenoxy) is 1. The van der Waals surface area contributed by atoms with E-state index in [9.17, 15) is 0 Å². The summed E-state index contributed by atoms with van der Waals surface area (Å²) in [6, 6.07) is 9.21. The predicted molar refractivity (Wildman–Crippen MR) is 67.8 cm³/mol. The third-order valence-corrected chi connectivity index (χ3v) is 2.75. The van der Waals surface area contributed by atoms with Gasteiger partial charge in [-0.15, -0.1) is 5.10 Å². The monoisotopic (exact) mass is 260 g/mol. The fourth-order valence-electron chi connectivity index (χ4n) is 1.63. The molecule has 0 unspecified atom stereocenters. The third-order valence-electron chi connectivity index (χ3n) is 2.54. The molecule has 0 aliphatic carbocycles. The van der Waals surface area contributed by atoms with E-state index < -0.39 is 0 Å². The van der Waals surface area contributed by atoms with Gasteiger partial charge in [0.05, 0.1) is 7.11 Å².